The molecule has 0 spiro atoms. The summed E-state index contributed by atoms with van der Waals surface area (Å²) in [5.41, 5.74) is 1.62. The van der Waals surface area contributed by atoms with Crippen LogP contribution in [0.15, 0.2) is 43.5 Å². The van der Waals surface area contributed by atoms with Crippen LogP contribution in [0.25, 0.3) is 10.2 Å². The van der Waals surface area contributed by atoms with E-state index in [0.717, 1.165) is 15.2 Å². The van der Waals surface area contributed by atoms with Gasteiger partial charge < -0.3 is 4.90 Å². The summed E-state index contributed by atoms with van der Waals surface area (Å²) in [6.45, 7) is 10.4. The molecule has 0 unspecified atom stereocenters. The SMILES string of the molecule is C=CCN(CC=C)C(=O)c1ccc2nc(C)sc2c1. The van der Waals surface area contributed by atoms with E-state index in [4.69, 9.17) is 0 Å². The highest BCUT2D eigenvalue weighted by atomic mass is 32.1. The van der Waals surface area contributed by atoms with Gasteiger partial charge in [0.1, 0.15) is 0 Å². The van der Waals surface area contributed by atoms with Crippen LogP contribution < -0.4 is 0 Å². The number of aromatic nitrogens is 1. The minimum Gasteiger partial charge on any atom is -0.331 e. The third kappa shape index (κ3) is 2.90. The number of nitrogens with zero attached hydrogens (tertiary/aromatic N) is 2. The van der Waals surface area contributed by atoms with E-state index in [9.17, 15) is 4.79 Å². The summed E-state index contributed by atoms with van der Waals surface area (Å²) in [6.07, 6.45) is 3.44. The molecule has 0 bridgehead atoms. The van der Waals surface area contributed by atoms with Crippen molar-refractivity contribution in [2.45, 2.75) is 6.92 Å². The molecule has 0 fully saturated rings. The van der Waals surface area contributed by atoms with Crippen LogP contribution in [0.1, 0.15) is 15.4 Å². The van der Waals surface area contributed by atoms with Crippen molar-refractivity contribution in [2.24, 2.45) is 0 Å². The molecule has 1 aromatic heterocycles. The third-order valence-corrected chi connectivity index (χ3v) is 3.66. The van der Waals surface area contributed by atoms with Gasteiger partial charge in [-0.3, -0.25) is 4.79 Å². The first kappa shape index (κ1) is 13.5. The van der Waals surface area contributed by atoms with Crippen molar-refractivity contribution >= 4 is 27.5 Å². The highest BCUT2D eigenvalue weighted by molar-refractivity contribution is 7.18. The normalized spacial score (nSPS) is 10.4. The van der Waals surface area contributed by atoms with E-state index in [1.54, 1.807) is 28.4 Å². The second-order valence-corrected chi connectivity index (χ2v) is 5.44. The number of hydrogen-bond acceptors (Lipinski definition) is 3. The molecule has 0 aliphatic heterocycles. The lowest BCUT2D eigenvalue weighted by Gasteiger charge is -2.19. The van der Waals surface area contributed by atoms with Gasteiger partial charge in [-0.15, -0.1) is 24.5 Å². The number of fused-ring (bicyclic) bond motifs is 1. The first-order chi connectivity index (χ1) is 9.15. The van der Waals surface area contributed by atoms with Crippen molar-refractivity contribution in [3.63, 3.8) is 0 Å². The van der Waals surface area contributed by atoms with Gasteiger partial charge in [0.25, 0.3) is 5.91 Å². The summed E-state index contributed by atoms with van der Waals surface area (Å²) in [7, 11) is 0. The van der Waals surface area contributed by atoms with E-state index < -0.39 is 0 Å². The molecule has 98 valence electrons. The quantitative estimate of drug-likeness (QED) is 0.781. The lowest BCUT2D eigenvalue weighted by Crippen LogP contribution is -2.31. The van der Waals surface area contributed by atoms with E-state index in [2.05, 4.69) is 18.1 Å². The molecule has 1 aromatic carbocycles. The van der Waals surface area contributed by atoms with Gasteiger partial charge >= 0.3 is 0 Å². The Morgan fingerprint density at radius 3 is 2.68 bits per heavy atom. The summed E-state index contributed by atoms with van der Waals surface area (Å²) >= 11 is 1.60. The molecule has 4 heteroatoms. The maximum absolute atomic E-state index is 12.4. The number of aryl methyl sites for hydroxylation is 1. The Labute approximate surface area is 116 Å². The Bertz CT molecular complexity index is 620. The Balaban J connectivity index is 2.33. The summed E-state index contributed by atoms with van der Waals surface area (Å²) in [6, 6.07) is 5.62. The van der Waals surface area contributed by atoms with Gasteiger partial charge in [-0.2, -0.15) is 0 Å². The minimum absolute atomic E-state index is 0.00671. The number of amides is 1. The van der Waals surface area contributed by atoms with Crippen LogP contribution in [0.4, 0.5) is 0 Å². The van der Waals surface area contributed by atoms with Gasteiger partial charge in [0, 0.05) is 18.7 Å². The molecule has 0 aliphatic carbocycles. The van der Waals surface area contributed by atoms with Crippen LogP contribution >= 0.6 is 11.3 Å². The first-order valence-corrected chi connectivity index (χ1v) is 6.85. The van der Waals surface area contributed by atoms with Crippen LogP contribution in [0, 0.1) is 6.92 Å². The van der Waals surface area contributed by atoms with E-state index in [1.165, 1.54) is 0 Å². The van der Waals surface area contributed by atoms with Gasteiger partial charge in [-0.05, 0) is 25.1 Å². The summed E-state index contributed by atoms with van der Waals surface area (Å²) < 4.78 is 1.04. The molecule has 0 atom stereocenters. The van der Waals surface area contributed by atoms with Crippen LogP contribution in [0.2, 0.25) is 0 Å². The molecule has 1 amide bonds. The van der Waals surface area contributed by atoms with Crippen molar-refractivity contribution in [3.8, 4) is 0 Å². The molecule has 0 N–H and O–H groups in total. The fourth-order valence-corrected chi connectivity index (χ4v) is 2.77. The fourth-order valence-electron chi connectivity index (χ4n) is 1.91. The maximum atomic E-state index is 12.4. The smallest absolute Gasteiger partial charge is 0.254 e. The highest BCUT2D eigenvalue weighted by Crippen LogP contribution is 2.23. The molecule has 19 heavy (non-hydrogen) atoms. The van der Waals surface area contributed by atoms with Crippen LogP contribution in [0.5, 0.6) is 0 Å². The second kappa shape index (κ2) is 5.80. The molecule has 0 aliphatic rings. The number of rotatable bonds is 5. The second-order valence-electron chi connectivity index (χ2n) is 4.20. The molecule has 3 nitrogen and oxygen atoms in total. The summed E-state index contributed by atoms with van der Waals surface area (Å²) in [5, 5.41) is 1.01. The summed E-state index contributed by atoms with van der Waals surface area (Å²) in [4.78, 5) is 18.5. The van der Waals surface area contributed by atoms with E-state index in [-0.39, 0.29) is 5.91 Å². The predicted molar refractivity (Wildman–Crippen MR) is 80.7 cm³/mol. The van der Waals surface area contributed by atoms with Crippen molar-refractivity contribution in [3.05, 3.63) is 54.1 Å². The van der Waals surface area contributed by atoms with E-state index >= 15 is 0 Å². The number of carbonyl (C=O) groups excluding carboxylic acids is 1. The lowest BCUT2D eigenvalue weighted by molar-refractivity contribution is 0.0791. The Morgan fingerprint density at radius 2 is 2.05 bits per heavy atom. The van der Waals surface area contributed by atoms with Crippen LogP contribution in [-0.2, 0) is 0 Å². The zero-order valence-corrected chi connectivity index (χ0v) is 11.7. The molecular formula is C15H16N2OS. The van der Waals surface area contributed by atoms with E-state index in [1.807, 2.05) is 25.1 Å². The summed E-state index contributed by atoms with van der Waals surface area (Å²) in [5.74, 6) is -0.00671. The lowest BCUT2D eigenvalue weighted by atomic mass is 10.2. The van der Waals surface area contributed by atoms with Gasteiger partial charge in [-0.25, -0.2) is 4.98 Å². The standard InChI is InChI=1S/C15H16N2OS/c1-4-8-17(9-5-2)15(18)12-6-7-13-14(10-12)19-11(3)16-13/h4-7,10H,1-2,8-9H2,3H3. The Morgan fingerprint density at radius 1 is 1.37 bits per heavy atom. The molecule has 0 saturated carbocycles. The van der Waals surface area contributed by atoms with Crippen molar-refractivity contribution < 1.29 is 4.79 Å². The number of benzene rings is 1. The first-order valence-electron chi connectivity index (χ1n) is 6.04. The molecule has 2 aromatic rings. The molecule has 0 radical (unpaired) electrons. The zero-order chi connectivity index (χ0) is 13.8. The topological polar surface area (TPSA) is 33.2 Å². The predicted octanol–water partition coefficient (Wildman–Crippen LogP) is 3.42. The van der Waals surface area contributed by atoms with Gasteiger partial charge in [0.15, 0.2) is 0 Å². The number of carbonyl (C=O) groups is 1. The van der Waals surface area contributed by atoms with Crippen LogP contribution in [-0.4, -0.2) is 28.9 Å². The Hall–Kier alpha value is -1.94. The third-order valence-electron chi connectivity index (χ3n) is 2.73. The van der Waals surface area contributed by atoms with Gasteiger partial charge in [0.05, 0.1) is 15.2 Å². The monoisotopic (exact) mass is 272 g/mol. The number of hydrogen-bond donors (Lipinski definition) is 0. The van der Waals surface area contributed by atoms with Gasteiger partial charge in [0.2, 0.25) is 0 Å². The average Bonchev–Trinajstić information content (AvgIpc) is 2.76. The number of thiazole rings is 1. The zero-order valence-electron chi connectivity index (χ0n) is 10.9. The van der Waals surface area contributed by atoms with Gasteiger partial charge in [-0.1, -0.05) is 12.2 Å². The van der Waals surface area contributed by atoms with Crippen molar-refractivity contribution in [1.29, 1.82) is 0 Å². The highest BCUT2D eigenvalue weighted by Gasteiger charge is 2.14. The minimum atomic E-state index is -0.00671. The molecule has 1 heterocycles. The van der Waals surface area contributed by atoms with Crippen LogP contribution in [0.3, 0.4) is 0 Å². The average molecular weight is 272 g/mol. The largest absolute Gasteiger partial charge is 0.331 e. The van der Waals surface area contributed by atoms with E-state index in [0.29, 0.717) is 18.7 Å². The molecule has 0 saturated heterocycles. The van der Waals surface area contributed by atoms with Crippen molar-refractivity contribution in [1.82, 2.24) is 9.88 Å². The maximum Gasteiger partial charge on any atom is 0.254 e. The Kier molecular flexibility index (Phi) is 4.12. The molecule has 2 rings (SSSR count). The molecular weight excluding hydrogens is 256 g/mol. The van der Waals surface area contributed by atoms with Crippen molar-refractivity contribution in [2.75, 3.05) is 13.1 Å². The fraction of sp³-hybridized carbons (Fsp3) is 0.200.